The van der Waals surface area contributed by atoms with Gasteiger partial charge in [-0.25, -0.2) is 0 Å². The van der Waals surface area contributed by atoms with E-state index < -0.39 is 0 Å². The summed E-state index contributed by atoms with van der Waals surface area (Å²) < 4.78 is 0. The van der Waals surface area contributed by atoms with Crippen molar-refractivity contribution in [1.82, 2.24) is 5.32 Å². The molecule has 1 fully saturated rings. The third-order valence-corrected chi connectivity index (χ3v) is 3.65. The molecule has 2 nitrogen and oxygen atoms in total. The summed E-state index contributed by atoms with van der Waals surface area (Å²) in [5.74, 6) is 0. The third-order valence-electron chi connectivity index (χ3n) is 2.98. The smallest absolute Gasteiger partial charge is 0.0475 e. The van der Waals surface area contributed by atoms with Crippen LogP contribution >= 0.6 is 11.3 Å². The molecule has 0 spiro atoms. The molecule has 1 atom stereocenters. The van der Waals surface area contributed by atoms with Crippen LogP contribution in [0.4, 0.5) is 5.69 Å². The van der Waals surface area contributed by atoms with Crippen LogP contribution in [0.15, 0.2) is 16.8 Å². The molecule has 1 unspecified atom stereocenters. The van der Waals surface area contributed by atoms with E-state index in [2.05, 4.69) is 34.0 Å². The average molecular weight is 224 g/mol. The first kappa shape index (κ1) is 11.0. The molecule has 0 saturated carbocycles. The molecule has 1 aliphatic rings. The molecule has 15 heavy (non-hydrogen) atoms. The fraction of sp³-hybridized carbons (Fsp3) is 0.667. The summed E-state index contributed by atoms with van der Waals surface area (Å²) >= 11 is 1.79. The van der Waals surface area contributed by atoms with Gasteiger partial charge in [0, 0.05) is 30.2 Å². The largest absolute Gasteiger partial charge is 0.369 e. The molecule has 0 aromatic carbocycles. The standard InChI is InChI=1S/C12H20N2S/c1-2-6-13-11-4-3-7-14(9-11)12-5-8-15-10-12/h5,8,10-11,13H,2-4,6-7,9H2,1H3. The first-order valence-corrected chi connectivity index (χ1v) is 6.85. The van der Waals surface area contributed by atoms with E-state index in [1.54, 1.807) is 11.3 Å². The minimum atomic E-state index is 0.693. The maximum absolute atomic E-state index is 3.62. The van der Waals surface area contributed by atoms with Gasteiger partial charge in [-0.3, -0.25) is 0 Å². The van der Waals surface area contributed by atoms with E-state index in [0.717, 1.165) is 6.54 Å². The molecule has 1 aromatic rings. The highest BCUT2D eigenvalue weighted by molar-refractivity contribution is 7.08. The Morgan fingerprint density at radius 3 is 3.27 bits per heavy atom. The Hall–Kier alpha value is -0.540. The zero-order chi connectivity index (χ0) is 10.5. The summed E-state index contributed by atoms with van der Waals surface area (Å²) in [4.78, 5) is 2.51. The Bertz CT molecular complexity index is 271. The number of rotatable bonds is 4. The van der Waals surface area contributed by atoms with Crippen LogP contribution < -0.4 is 10.2 Å². The van der Waals surface area contributed by atoms with Gasteiger partial charge in [-0.15, -0.1) is 0 Å². The third kappa shape index (κ3) is 2.95. The number of anilines is 1. The lowest BCUT2D eigenvalue weighted by Crippen LogP contribution is -2.45. The SMILES string of the molecule is CCCNC1CCCN(c2ccsc2)C1. The molecule has 0 amide bonds. The van der Waals surface area contributed by atoms with Crippen molar-refractivity contribution in [3.8, 4) is 0 Å². The normalized spacial score (nSPS) is 21.9. The molecule has 2 heterocycles. The van der Waals surface area contributed by atoms with Gasteiger partial charge in [-0.1, -0.05) is 6.92 Å². The fourth-order valence-corrected chi connectivity index (χ4v) is 2.83. The highest BCUT2D eigenvalue weighted by Gasteiger charge is 2.19. The van der Waals surface area contributed by atoms with Gasteiger partial charge in [0.2, 0.25) is 0 Å². The van der Waals surface area contributed by atoms with Crippen molar-refractivity contribution in [2.75, 3.05) is 24.5 Å². The maximum Gasteiger partial charge on any atom is 0.0475 e. The van der Waals surface area contributed by atoms with Gasteiger partial charge in [0.05, 0.1) is 0 Å². The van der Waals surface area contributed by atoms with Crippen molar-refractivity contribution in [2.45, 2.75) is 32.2 Å². The van der Waals surface area contributed by atoms with Crippen molar-refractivity contribution in [3.63, 3.8) is 0 Å². The quantitative estimate of drug-likeness (QED) is 0.846. The molecule has 0 aliphatic carbocycles. The Balaban J connectivity index is 1.87. The van der Waals surface area contributed by atoms with Gasteiger partial charge in [0.1, 0.15) is 0 Å². The molecule has 1 N–H and O–H groups in total. The van der Waals surface area contributed by atoms with Crippen molar-refractivity contribution in [1.29, 1.82) is 0 Å². The summed E-state index contributed by atoms with van der Waals surface area (Å²) in [6.07, 6.45) is 3.88. The molecule has 3 heteroatoms. The number of hydrogen-bond donors (Lipinski definition) is 1. The first-order chi connectivity index (χ1) is 7.40. The van der Waals surface area contributed by atoms with E-state index >= 15 is 0 Å². The Kier molecular flexibility index (Phi) is 4.03. The van der Waals surface area contributed by atoms with E-state index in [9.17, 15) is 0 Å². The van der Waals surface area contributed by atoms with Crippen LogP contribution in [-0.2, 0) is 0 Å². The molecule has 0 bridgehead atoms. The van der Waals surface area contributed by atoms with E-state index in [4.69, 9.17) is 0 Å². The van der Waals surface area contributed by atoms with E-state index in [1.807, 2.05) is 0 Å². The number of thiophene rings is 1. The zero-order valence-corrected chi connectivity index (χ0v) is 10.2. The average Bonchev–Trinajstić information content (AvgIpc) is 2.80. The molecule has 0 radical (unpaired) electrons. The summed E-state index contributed by atoms with van der Waals surface area (Å²) in [6.45, 7) is 5.78. The maximum atomic E-state index is 3.62. The number of nitrogens with zero attached hydrogens (tertiary/aromatic N) is 1. The molecule has 84 valence electrons. The van der Waals surface area contributed by atoms with Crippen molar-refractivity contribution < 1.29 is 0 Å². The van der Waals surface area contributed by atoms with Gasteiger partial charge in [0.15, 0.2) is 0 Å². The number of piperidine rings is 1. The van der Waals surface area contributed by atoms with Crippen LogP contribution in [0.3, 0.4) is 0 Å². The van der Waals surface area contributed by atoms with Crippen LogP contribution in [0, 0.1) is 0 Å². The van der Waals surface area contributed by atoms with E-state index in [0.29, 0.717) is 6.04 Å². The highest BCUT2D eigenvalue weighted by atomic mass is 32.1. The Labute approximate surface area is 96.3 Å². The summed E-state index contributed by atoms with van der Waals surface area (Å²) in [7, 11) is 0. The topological polar surface area (TPSA) is 15.3 Å². The minimum absolute atomic E-state index is 0.693. The molecule has 1 aliphatic heterocycles. The van der Waals surface area contributed by atoms with Crippen LogP contribution in [0.5, 0.6) is 0 Å². The van der Waals surface area contributed by atoms with Crippen molar-refractivity contribution in [3.05, 3.63) is 16.8 Å². The van der Waals surface area contributed by atoms with Crippen molar-refractivity contribution in [2.24, 2.45) is 0 Å². The Morgan fingerprint density at radius 1 is 1.60 bits per heavy atom. The summed E-state index contributed by atoms with van der Waals surface area (Å²) in [5, 5.41) is 8.04. The van der Waals surface area contributed by atoms with Crippen molar-refractivity contribution >= 4 is 17.0 Å². The second kappa shape index (κ2) is 5.52. The van der Waals surface area contributed by atoms with Gasteiger partial charge >= 0.3 is 0 Å². The van der Waals surface area contributed by atoms with Crippen LogP contribution in [0.1, 0.15) is 26.2 Å². The zero-order valence-electron chi connectivity index (χ0n) is 9.41. The lowest BCUT2D eigenvalue weighted by Gasteiger charge is -2.34. The molecule has 2 rings (SSSR count). The predicted octanol–water partition coefficient (Wildman–Crippen LogP) is 2.72. The predicted molar refractivity (Wildman–Crippen MR) is 67.8 cm³/mol. The van der Waals surface area contributed by atoms with Crippen LogP contribution in [0.25, 0.3) is 0 Å². The van der Waals surface area contributed by atoms with Crippen LogP contribution in [0.2, 0.25) is 0 Å². The Morgan fingerprint density at radius 2 is 2.53 bits per heavy atom. The highest BCUT2D eigenvalue weighted by Crippen LogP contribution is 2.22. The van der Waals surface area contributed by atoms with E-state index in [1.165, 1.54) is 38.0 Å². The monoisotopic (exact) mass is 224 g/mol. The lowest BCUT2D eigenvalue weighted by atomic mass is 10.1. The van der Waals surface area contributed by atoms with Gasteiger partial charge in [0.25, 0.3) is 0 Å². The van der Waals surface area contributed by atoms with Gasteiger partial charge < -0.3 is 10.2 Å². The lowest BCUT2D eigenvalue weighted by molar-refractivity contribution is 0.423. The summed E-state index contributed by atoms with van der Waals surface area (Å²) in [6, 6.07) is 2.92. The summed E-state index contributed by atoms with van der Waals surface area (Å²) in [5.41, 5.74) is 1.41. The van der Waals surface area contributed by atoms with Gasteiger partial charge in [-0.05, 0) is 37.3 Å². The minimum Gasteiger partial charge on any atom is -0.369 e. The van der Waals surface area contributed by atoms with E-state index in [-0.39, 0.29) is 0 Å². The number of hydrogen-bond acceptors (Lipinski definition) is 3. The molecule has 1 saturated heterocycles. The fourth-order valence-electron chi connectivity index (χ4n) is 2.16. The second-order valence-electron chi connectivity index (χ2n) is 4.22. The van der Waals surface area contributed by atoms with Gasteiger partial charge in [-0.2, -0.15) is 11.3 Å². The molecular formula is C12H20N2S. The molecular weight excluding hydrogens is 204 g/mol. The molecule has 1 aromatic heterocycles. The first-order valence-electron chi connectivity index (χ1n) is 5.90. The van der Waals surface area contributed by atoms with Crippen LogP contribution in [-0.4, -0.2) is 25.7 Å². The number of nitrogens with one attached hydrogen (secondary N) is 1. The second-order valence-corrected chi connectivity index (χ2v) is 5.00.